The molecule has 2 aromatic rings. The molecular formula is C11H10OS. The summed E-state index contributed by atoms with van der Waals surface area (Å²) in [6, 6.07) is 6.17. The predicted molar refractivity (Wildman–Crippen MR) is 56.7 cm³/mol. The SMILES string of the molecule is Cc1cccc2sc(C=O)c(C)c12. The number of hydrogen-bond donors (Lipinski definition) is 0. The number of aryl methyl sites for hydroxylation is 2. The number of rotatable bonds is 1. The molecule has 0 bridgehead atoms. The third-order valence-electron chi connectivity index (χ3n) is 2.31. The number of carbonyl (C=O) groups is 1. The zero-order valence-electron chi connectivity index (χ0n) is 7.63. The molecule has 1 aromatic carbocycles. The van der Waals surface area contributed by atoms with E-state index in [-0.39, 0.29) is 0 Å². The third-order valence-corrected chi connectivity index (χ3v) is 3.49. The fourth-order valence-electron chi connectivity index (χ4n) is 1.64. The summed E-state index contributed by atoms with van der Waals surface area (Å²) in [5, 5.41) is 1.25. The Morgan fingerprint density at radius 3 is 2.69 bits per heavy atom. The van der Waals surface area contributed by atoms with Crippen molar-refractivity contribution in [2.24, 2.45) is 0 Å². The summed E-state index contributed by atoms with van der Waals surface area (Å²) in [4.78, 5) is 11.6. The van der Waals surface area contributed by atoms with Crippen molar-refractivity contribution < 1.29 is 4.79 Å². The van der Waals surface area contributed by atoms with Crippen LogP contribution in [0.25, 0.3) is 10.1 Å². The minimum absolute atomic E-state index is 0.851. The number of fused-ring (bicyclic) bond motifs is 1. The summed E-state index contributed by atoms with van der Waals surface area (Å²) in [7, 11) is 0. The molecule has 2 heteroatoms. The molecule has 0 unspecified atom stereocenters. The second kappa shape index (κ2) is 2.96. The zero-order chi connectivity index (χ0) is 9.42. The minimum atomic E-state index is 0.851. The molecular weight excluding hydrogens is 180 g/mol. The lowest BCUT2D eigenvalue weighted by molar-refractivity contribution is 0.112. The molecule has 2 rings (SSSR count). The summed E-state index contributed by atoms with van der Waals surface area (Å²) >= 11 is 1.57. The number of benzene rings is 1. The van der Waals surface area contributed by atoms with Crippen molar-refractivity contribution in [3.63, 3.8) is 0 Å². The van der Waals surface area contributed by atoms with Gasteiger partial charge in [-0.2, -0.15) is 0 Å². The summed E-state index contributed by atoms with van der Waals surface area (Å²) in [5.41, 5.74) is 2.37. The van der Waals surface area contributed by atoms with E-state index in [1.54, 1.807) is 11.3 Å². The standard InChI is InChI=1S/C11H10OS/c1-7-4-3-5-9-11(7)8(2)10(6-12)13-9/h3-6H,1-2H3. The van der Waals surface area contributed by atoms with E-state index >= 15 is 0 Å². The molecule has 0 N–H and O–H groups in total. The van der Waals surface area contributed by atoms with Crippen LogP contribution >= 0.6 is 11.3 Å². The van der Waals surface area contributed by atoms with Crippen LogP contribution in [0.1, 0.15) is 20.8 Å². The second-order valence-corrected chi connectivity index (χ2v) is 4.24. The van der Waals surface area contributed by atoms with Gasteiger partial charge in [0.25, 0.3) is 0 Å². The Morgan fingerprint density at radius 1 is 1.31 bits per heavy atom. The number of hydrogen-bond acceptors (Lipinski definition) is 2. The quantitative estimate of drug-likeness (QED) is 0.630. The molecule has 0 amide bonds. The van der Waals surface area contributed by atoms with E-state index in [2.05, 4.69) is 19.1 Å². The van der Waals surface area contributed by atoms with Crippen LogP contribution < -0.4 is 0 Å². The number of aldehydes is 1. The van der Waals surface area contributed by atoms with Gasteiger partial charge in [0, 0.05) is 4.70 Å². The Labute approximate surface area is 81.0 Å². The average molecular weight is 190 g/mol. The maximum Gasteiger partial charge on any atom is 0.160 e. The normalized spacial score (nSPS) is 10.6. The summed E-state index contributed by atoms with van der Waals surface area (Å²) in [5.74, 6) is 0. The molecule has 0 radical (unpaired) electrons. The zero-order valence-corrected chi connectivity index (χ0v) is 8.44. The highest BCUT2D eigenvalue weighted by Crippen LogP contribution is 2.31. The van der Waals surface area contributed by atoms with E-state index in [1.165, 1.54) is 15.6 Å². The van der Waals surface area contributed by atoms with Crippen molar-refractivity contribution in [3.05, 3.63) is 34.2 Å². The van der Waals surface area contributed by atoms with E-state index in [9.17, 15) is 4.79 Å². The molecule has 1 heterocycles. The average Bonchev–Trinajstić information content (AvgIpc) is 2.44. The van der Waals surface area contributed by atoms with Crippen molar-refractivity contribution in [2.45, 2.75) is 13.8 Å². The number of thiophene rings is 1. The molecule has 0 fully saturated rings. The van der Waals surface area contributed by atoms with E-state index in [0.717, 1.165) is 16.7 Å². The first-order valence-corrected chi connectivity index (χ1v) is 4.99. The lowest BCUT2D eigenvalue weighted by Gasteiger charge is -1.95. The maximum atomic E-state index is 10.7. The Hall–Kier alpha value is -1.15. The Kier molecular flexibility index (Phi) is 1.93. The molecule has 66 valence electrons. The second-order valence-electron chi connectivity index (χ2n) is 3.16. The van der Waals surface area contributed by atoms with Gasteiger partial charge in [-0.25, -0.2) is 0 Å². The summed E-state index contributed by atoms with van der Waals surface area (Å²) in [6.45, 7) is 4.09. The lowest BCUT2D eigenvalue weighted by atomic mass is 10.1. The van der Waals surface area contributed by atoms with Gasteiger partial charge in [-0.05, 0) is 36.4 Å². The van der Waals surface area contributed by atoms with Crippen LogP contribution in [0.4, 0.5) is 0 Å². The van der Waals surface area contributed by atoms with Crippen LogP contribution in [0.2, 0.25) is 0 Å². The van der Waals surface area contributed by atoms with Gasteiger partial charge in [0.15, 0.2) is 6.29 Å². The van der Waals surface area contributed by atoms with E-state index in [4.69, 9.17) is 0 Å². The summed E-state index contributed by atoms with van der Waals surface area (Å²) in [6.07, 6.45) is 0.944. The molecule has 13 heavy (non-hydrogen) atoms. The monoisotopic (exact) mass is 190 g/mol. The molecule has 0 atom stereocenters. The summed E-state index contributed by atoms with van der Waals surface area (Å²) < 4.78 is 1.21. The maximum absolute atomic E-state index is 10.7. The van der Waals surface area contributed by atoms with E-state index < -0.39 is 0 Å². The highest BCUT2D eigenvalue weighted by atomic mass is 32.1. The molecule has 0 aliphatic heterocycles. The Balaban J connectivity index is 2.92. The lowest BCUT2D eigenvalue weighted by Crippen LogP contribution is -1.78. The van der Waals surface area contributed by atoms with Crippen molar-refractivity contribution in [1.29, 1.82) is 0 Å². The van der Waals surface area contributed by atoms with Crippen molar-refractivity contribution >= 4 is 27.7 Å². The smallest absolute Gasteiger partial charge is 0.160 e. The number of carbonyl (C=O) groups excluding carboxylic acids is 1. The van der Waals surface area contributed by atoms with Crippen LogP contribution in [0.3, 0.4) is 0 Å². The van der Waals surface area contributed by atoms with Crippen molar-refractivity contribution in [2.75, 3.05) is 0 Å². The van der Waals surface area contributed by atoms with Crippen LogP contribution in [-0.2, 0) is 0 Å². The molecule has 0 aliphatic rings. The fraction of sp³-hybridized carbons (Fsp3) is 0.182. The van der Waals surface area contributed by atoms with E-state index in [0.29, 0.717) is 0 Å². The molecule has 1 nitrogen and oxygen atoms in total. The first-order valence-electron chi connectivity index (χ1n) is 4.18. The van der Waals surface area contributed by atoms with Crippen molar-refractivity contribution in [3.8, 4) is 0 Å². The van der Waals surface area contributed by atoms with Gasteiger partial charge in [0.1, 0.15) is 0 Å². The fourth-order valence-corrected chi connectivity index (χ4v) is 2.74. The van der Waals surface area contributed by atoms with Crippen LogP contribution in [-0.4, -0.2) is 6.29 Å². The van der Waals surface area contributed by atoms with Crippen LogP contribution in [0, 0.1) is 13.8 Å². The minimum Gasteiger partial charge on any atom is -0.297 e. The van der Waals surface area contributed by atoms with Gasteiger partial charge in [0.2, 0.25) is 0 Å². The first-order chi connectivity index (χ1) is 6.24. The molecule has 0 saturated carbocycles. The molecule has 0 spiro atoms. The predicted octanol–water partition coefficient (Wildman–Crippen LogP) is 3.33. The van der Waals surface area contributed by atoms with Gasteiger partial charge in [-0.1, -0.05) is 12.1 Å². The van der Waals surface area contributed by atoms with Gasteiger partial charge in [-0.3, -0.25) is 4.79 Å². The van der Waals surface area contributed by atoms with Crippen molar-refractivity contribution in [1.82, 2.24) is 0 Å². The largest absolute Gasteiger partial charge is 0.297 e. The third kappa shape index (κ3) is 1.18. The van der Waals surface area contributed by atoms with Gasteiger partial charge in [-0.15, -0.1) is 11.3 Å². The highest BCUT2D eigenvalue weighted by Gasteiger charge is 2.08. The molecule has 0 aliphatic carbocycles. The van der Waals surface area contributed by atoms with Gasteiger partial charge in [0.05, 0.1) is 4.88 Å². The Morgan fingerprint density at radius 2 is 2.08 bits per heavy atom. The Bertz CT molecular complexity index is 468. The molecule has 0 saturated heterocycles. The van der Waals surface area contributed by atoms with Crippen LogP contribution in [0.5, 0.6) is 0 Å². The van der Waals surface area contributed by atoms with E-state index in [1.807, 2.05) is 13.0 Å². The molecule has 1 aromatic heterocycles. The highest BCUT2D eigenvalue weighted by molar-refractivity contribution is 7.20. The topological polar surface area (TPSA) is 17.1 Å². The van der Waals surface area contributed by atoms with Gasteiger partial charge < -0.3 is 0 Å². The van der Waals surface area contributed by atoms with Crippen LogP contribution in [0.15, 0.2) is 18.2 Å². The first kappa shape index (κ1) is 8.45. The van der Waals surface area contributed by atoms with Gasteiger partial charge >= 0.3 is 0 Å².